The molecule has 0 radical (unpaired) electrons. The SMILES string of the molecule is O=S(=O)(O)C(F)(F)C(F)(F)C(F)(F)C(F)(F)F.Sc1ccc(OC(c2ccccc2)c2ccccc2)cc1. The lowest BCUT2D eigenvalue weighted by molar-refractivity contribution is -0.382. The second kappa shape index (κ2) is 11.5. The van der Waals surface area contributed by atoms with Crippen molar-refractivity contribution in [1.29, 1.82) is 0 Å². The van der Waals surface area contributed by atoms with Gasteiger partial charge < -0.3 is 4.74 Å². The molecular formula is C23H17F9O4S2. The number of halogens is 9. The summed E-state index contributed by atoms with van der Waals surface area (Å²) < 4.78 is 140. The maximum absolute atomic E-state index is 12.2. The van der Waals surface area contributed by atoms with Gasteiger partial charge in [-0.05, 0) is 35.4 Å². The summed E-state index contributed by atoms with van der Waals surface area (Å²) in [6.45, 7) is 0. The maximum atomic E-state index is 12.2. The van der Waals surface area contributed by atoms with Crippen molar-refractivity contribution in [1.82, 2.24) is 0 Å². The summed E-state index contributed by atoms with van der Waals surface area (Å²) in [5.74, 6) is -13.9. The Morgan fingerprint density at radius 2 is 1.05 bits per heavy atom. The lowest BCUT2D eigenvalue weighted by Crippen LogP contribution is -2.63. The van der Waals surface area contributed by atoms with Crippen molar-refractivity contribution in [3.8, 4) is 5.75 Å². The summed E-state index contributed by atoms with van der Waals surface area (Å²) in [7, 11) is -7.17. The van der Waals surface area contributed by atoms with E-state index in [-0.39, 0.29) is 6.10 Å². The van der Waals surface area contributed by atoms with Crippen LogP contribution in [0, 0.1) is 0 Å². The largest absolute Gasteiger partial charge is 0.481 e. The highest BCUT2D eigenvalue weighted by atomic mass is 32.2. The van der Waals surface area contributed by atoms with Crippen molar-refractivity contribution in [3.63, 3.8) is 0 Å². The fourth-order valence-corrected chi connectivity index (χ4v) is 3.37. The van der Waals surface area contributed by atoms with Crippen LogP contribution in [-0.4, -0.2) is 36.2 Å². The van der Waals surface area contributed by atoms with E-state index in [0.717, 1.165) is 21.8 Å². The molecule has 4 nitrogen and oxygen atoms in total. The minimum atomic E-state index is -7.37. The molecule has 0 saturated carbocycles. The fraction of sp³-hybridized carbons (Fsp3) is 0.217. The predicted molar refractivity (Wildman–Crippen MR) is 121 cm³/mol. The van der Waals surface area contributed by atoms with E-state index in [1.807, 2.05) is 60.7 Å². The Hall–Kier alpha value is -2.91. The standard InChI is InChI=1S/C19H16OS.C4HF9O3S/c21-18-13-11-17(12-14-18)20-19(15-7-3-1-4-8-15)16-9-5-2-6-10-16;5-1(6,3(9,10)11)2(7,8)4(12,13)17(14,15)16/h1-14,19,21H;(H,14,15,16). The molecule has 0 unspecified atom stereocenters. The van der Waals surface area contributed by atoms with Crippen molar-refractivity contribution in [2.75, 3.05) is 0 Å². The molecule has 0 saturated heterocycles. The summed E-state index contributed by atoms with van der Waals surface area (Å²) in [5, 5.41) is -7.00. The smallest absolute Gasteiger partial charge is 0.460 e. The molecule has 208 valence electrons. The van der Waals surface area contributed by atoms with Crippen molar-refractivity contribution >= 4 is 22.7 Å². The summed E-state index contributed by atoms with van der Waals surface area (Å²) in [5.41, 5.74) is 2.28. The fourth-order valence-electron chi connectivity index (χ4n) is 2.77. The molecule has 0 aromatic heterocycles. The first-order valence-corrected chi connectivity index (χ1v) is 11.9. The maximum Gasteiger partial charge on any atom is 0.460 e. The van der Waals surface area contributed by atoms with E-state index < -0.39 is 33.4 Å². The zero-order valence-electron chi connectivity index (χ0n) is 18.6. The van der Waals surface area contributed by atoms with E-state index in [9.17, 15) is 47.9 Å². The third-order valence-corrected chi connectivity index (χ3v) is 5.94. The van der Waals surface area contributed by atoms with Crippen molar-refractivity contribution in [2.24, 2.45) is 0 Å². The minimum absolute atomic E-state index is 0.113. The normalized spacial score (nSPS) is 13.1. The third-order valence-electron chi connectivity index (χ3n) is 4.74. The zero-order valence-corrected chi connectivity index (χ0v) is 20.3. The van der Waals surface area contributed by atoms with Crippen molar-refractivity contribution < 1.29 is 57.2 Å². The van der Waals surface area contributed by atoms with Crippen LogP contribution in [0.3, 0.4) is 0 Å². The predicted octanol–water partition coefficient (Wildman–Crippen LogP) is 7.44. The highest BCUT2D eigenvalue weighted by molar-refractivity contribution is 7.87. The number of hydrogen-bond acceptors (Lipinski definition) is 4. The minimum Gasteiger partial charge on any atom is -0.481 e. The topological polar surface area (TPSA) is 63.6 Å². The Morgan fingerprint density at radius 1 is 0.658 bits per heavy atom. The van der Waals surface area contributed by atoms with Gasteiger partial charge in [-0.1, -0.05) is 60.7 Å². The Bertz CT molecular complexity index is 1240. The molecule has 0 bridgehead atoms. The molecule has 3 aromatic rings. The van der Waals surface area contributed by atoms with Gasteiger partial charge in [0.15, 0.2) is 0 Å². The van der Waals surface area contributed by atoms with E-state index in [4.69, 9.17) is 9.29 Å². The quantitative estimate of drug-likeness (QED) is 0.170. The number of thiol groups is 1. The molecule has 0 heterocycles. The summed E-state index contributed by atoms with van der Waals surface area (Å²) in [6, 6.07) is 28.3. The van der Waals surface area contributed by atoms with Crippen LogP contribution in [0.1, 0.15) is 17.2 Å². The van der Waals surface area contributed by atoms with E-state index in [1.165, 1.54) is 0 Å². The third kappa shape index (κ3) is 6.74. The molecule has 15 heteroatoms. The van der Waals surface area contributed by atoms with Gasteiger partial charge in [0.05, 0.1) is 0 Å². The molecule has 3 aromatic carbocycles. The number of ether oxygens (including phenoxy) is 1. The van der Waals surface area contributed by atoms with Crippen LogP contribution in [0.25, 0.3) is 0 Å². The second-order valence-electron chi connectivity index (χ2n) is 7.45. The number of hydrogen-bond donors (Lipinski definition) is 2. The van der Waals surface area contributed by atoms with Crippen LogP contribution in [-0.2, 0) is 10.1 Å². The van der Waals surface area contributed by atoms with Gasteiger partial charge in [-0.3, -0.25) is 4.55 Å². The molecule has 0 aliphatic heterocycles. The van der Waals surface area contributed by atoms with Gasteiger partial charge in [0, 0.05) is 4.90 Å². The molecule has 1 N–H and O–H groups in total. The molecule has 0 atom stereocenters. The summed E-state index contributed by atoms with van der Waals surface area (Å²) in [6.07, 6.45) is -7.25. The molecule has 3 rings (SSSR count). The first kappa shape index (κ1) is 31.3. The lowest BCUT2D eigenvalue weighted by atomic mass is 10.0. The van der Waals surface area contributed by atoms with Gasteiger partial charge in [-0.2, -0.15) is 47.9 Å². The van der Waals surface area contributed by atoms with Gasteiger partial charge in [0.2, 0.25) is 0 Å². The Morgan fingerprint density at radius 3 is 1.39 bits per heavy atom. The molecule has 0 aliphatic carbocycles. The van der Waals surface area contributed by atoms with Gasteiger partial charge in [0.1, 0.15) is 11.9 Å². The number of rotatable bonds is 7. The zero-order chi connectivity index (χ0) is 29.0. The first-order valence-electron chi connectivity index (χ1n) is 10.1. The number of benzene rings is 3. The Kier molecular flexibility index (Phi) is 9.44. The summed E-state index contributed by atoms with van der Waals surface area (Å²) in [4.78, 5) is 0.929. The monoisotopic (exact) mass is 592 g/mol. The highest BCUT2D eigenvalue weighted by Crippen LogP contribution is 2.54. The van der Waals surface area contributed by atoms with E-state index in [1.54, 1.807) is 0 Å². The molecule has 0 aliphatic rings. The van der Waals surface area contributed by atoms with E-state index in [2.05, 4.69) is 36.9 Å². The second-order valence-corrected chi connectivity index (χ2v) is 9.43. The van der Waals surface area contributed by atoms with E-state index >= 15 is 0 Å². The Balaban J connectivity index is 0.000000275. The van der Waals surface area contributed by atoms with Crippen LogP contribution in [0.15, 0.2) is 89.8 Å². The van der Waals surface area contributed by atoms with Crippen LogP contribution in [0.4, 0.5) is 39.5 Å². The Labute approximate surface area is 216 Å². The van der Waals surface area contributed by atoms with Crippen LogP contribution in [0.2, 0.25) is 0 Å². The van der Waals surface area contributed by atoms with Crippen LogP contribution in [0.5, 0.6) is 5.75 Å². The van der Waals surface area contributed by atoms with Gasteiger partial charge >= 0.3 is 33.4 Å². The molecule has 0 amide bonds. The molecular weight excluding hydrogens is 575 g/mol. The molecule has 0 fully saturated rings. The average Bonchev–Trinajstić information content (AvgIpc) is 2.83. The first-order chi connectivity index (χ1) is 17.3. The highest BCUT2D eigenvalue weighted by Gasteiger charge is 2.85. The van der Waals surface area contributed by atoms with Crippen LogP contribution >= 0.6 is 12.6 Å². The van der Waals surface area contributed by atoms with Crippen molar-refractivity contribution in [3.05, 3.63) is 96.1 Å². The van der Waals surface area contributed by atoms with Crippen LogP contribution < -0.4 is 4.74 Å². The molecule has 38 heavy (non-hydrogen) atoms. The number of alkyl halides is 9. The van der Waals surface area contributed by atoms with Crippen molar-refractivity contribution in [2.45, 2.75) is 34.3 Å². The van der Waals surface area contributed by atoms with Gasteiger partial charge in [0.25, 0.3) is 0 Å². The van der Waals surface area contributed by atoms with Gasteiger partial charge in [-0.25, -0.2) is 0 Å². The average molecular weight is 593 g/mol. The summed E-state index contributed by atoms with van der Waals surface area (Å²) >= 11 is 4.31. The molecule has 0 spiro atoms. The lowest BCUT2D eigenvalue weighted by Gasteiger charge is -2.31. The van der Waals surface area contributed by atoms with Gasteiger partial charge in [-0.15, -0.1) is 12.6 Å². The van der Waals surface area contributed by atoms with E-state index in [0.29, 0.717) is 0 Å².